The van der Waals surface area contributed by atoms with E-state index in [1.165, 1.54) is 0 Å². The predicted octanol–water partition coefficient (Wildman–Crippen LogP) is 3.84. The van der Waals surface area contributed by atoms with Crippen LogP contribution in [0, 0.1) is 10.1 Å². The highest BCUT2D eigenvalue weighted by Gasteiger charge is 2.20. The summed E-state index contributed by atoms with van der Waals surface area (Å²) in [6, 6.07) is 1.63. The van der Waals surface area contributed by atoms with E-state index in [2.05, 4.69) is 0 Å². The molecule has 0 unspecified atom stereocenters. The largest absolute Gasteiger partial charge is 0.271 e. The number of nitro benzene ring substituents is 1. The lowest BCUT2D eigenvalue weighted by atomic mass is 10.2. The second-order valence-corrected chi connectivity index (χ2v) is 3.17. The molecule has 1 aromatic rings. The normalized spacial score (nSPS) is 10.6. The van der Waals surface area contributed by atoms with Crippen molar-refractivity contribution >= 4 is 28.9 Å². The molecule has 0 amide bonds. The van der Waals surface area contributed by atoms with Crippen molar-refractivity contribution < 1.29 is 13.7 Å². The highest BCUT2D eigenvalue weighted by Crippen LogP contribution is 2.36. The third-order valence-electron chi connectivity index (χ3n) is 1.49. The van der Waals surface area contributed by atoms with Gasteiger partial charge in [0.05, 0.1) is 15.0 Å². The molecule has 0 fully saturated rings. The van der Waals surface area contributed by atoms with Crippen molar-refractivity contribution in [1.82, 2.24) is 0 Å². The fourth-order valence-corrected chi connectivity index (χ4v) is 1.27. The van der Waals surface area contributed by atoms with Crippen LogP contribution >= 0.6 is 23.2 Å². The van der Waals surface area contributed by atoms with Crippen LogP contribution in [0.25, 0.3) is 0 Å². The molecular weight excluding hydrogens is 239 g/mol. The lowest BCUT2D eigenvalue weighted by Crippen LogP contribution is -1.93. The first kappa shape index (κ1) is 11.1. The molecule has 1 rings (SSSR count). The highest BCUT2D eigenvalue weighted by atomic mass is 35.5. The fourth-order valence-electron chi connectivity index (χ4n) is 0.860. The summed E-state index contributed by atoms with van der Waals surface area (Å²) in [7, 11) is 0. The summed E-state index contributed by atoms with van der Waals surface area (Å²) in [4.78, 5) is 9.49. The Bertz CT molecular complexity index is 384. The van der Waals surface area contributed by atoms with Gasteiger partial charge in [0.1, 0.15) is 0 Å². The van der Waals surface area contributed by atoms with E-state index in [1.807, 2.05) is 0 Å². The maximum atomic E-state index is 12.3. The number of hydrogen-bond acceptors (Lipinski definition) is 2. The molecule has 14 heavy (non-hydrogen) atoms. The Kier molecular flexibility index (Phi) is 3.23. The number of halogens is 4. The number of rotatable bonds is 2. The molecule has 0 aliphatic heterocycles. The van der Waals surface area contributed by atoms with Gasteiger partial charge < -0.3 is 0 Å². The molecule has 76 valence electrons. The van der Waals surface area contributed by atoms with Crippen molar-refractivity contribution in [3.8, 4) is 0 Å². The minimum Gasteiger partial charge on any atom is -0.258 e. The monoisotopic (exact) mass is 241 g/mol. The zero-order valence-corrected chi connectivity index (χ0v) is 8.02. The van der Waals surface area contributed by atoms with Gasteiger partial charge in [0.15, 0.2) is 0 Å². The van der Waals surface area contributed by atoms with Gasteiger partial charge in [0.25, 0.3) is 12.1 Å². The molecule has 0 spiro atoms. The van der Waals surface area contributed by atoms with Crippen LogP contribution in [0.5, 0.6) is 0 Å². The molecule has 0 N–H and O–H groups in total. The Labute approximate surface area is 87.4 Å². The van der Waals surface area contributed by atoms with Gasteiger partial charge in [-0.25, -0.2) is 8.78 Å². The summed E-state index contributed by atoms with van der Waals surface area (Å²) < 4.78 is 24.6. The van der Waals surface area contributed by atoms with Crippen LogP contribution in [-0.4, -0.2) is 4.92 Å². The first-order chi connectivity index (χ1) is 6.43. The third kappa shape index (κ3) is 2.10. The standard InChI is InChI=1S/C7H3Cl2F2NO2/c8-5-2-3(12(13)14)1-4(6(5)9)7(10)11/h1-2,7H. The van der Waals surface area contributed by atoms with Crippen LogP contribution < -0.4 is 0 Å². The summed E-state index contributed by atoms with van der Waals surface area (Å²) in [5.74, 6) is 0. The molecule has 0 saturated heterocycles. The second-order valence-electron chi connectivity index (χ2n) is 2.39. The van der Waals surface area contributed by atoms with Crippen LogP contribution in [0.1, 0.15) is 12.0 Å². The second kappa shape index (κ2) is 4.06. The van der Waals surface area contributed by atoms with Crippen molar-refractivity contribution in [3.63, 3.8) is 0 Å². The molecule has 0 radical (unpaired) electrons. The van der Waals surface area contributed by atoms with E-state index in [9.17, 15) is 18.9 Å². The zero-order chi connectivity index (χ0) is 10.9. The van der Waals surface area contributed by atoms with Gasteiger partial charge in [-0.05, 0) is 0 Å². The Morgan fingerprint density at radius 3 is 2.36 bits per heavy atom. The van der Waals surface area contributed by atoms with Crippen LogP contribution in [0.4, 0.5) is 14.5 Å². The van der Waals surface area contributed by atoms with Gasteiger partial charge in [-0.3, -0.25) is 10.1 Å². The molecule has 0 bridgehead atoms. The first-order valence-electron chi connectivity index (χ1n) is 3.35. The third-order valence-corrected chi connectivity index (χ3v) is 2.30. The number of alkyl halides is 2. The van der Waals surface area contributed by atoms with Crippen molar-refractivity contribution in [3.05, 3.63) is 37.9 Å². The molecule has 1 aromatic carbocycles. The molecule has 0 aliphatic rings. The average molecular weight is 242 g/mol. The van der Waals surface area contributed by atoms with Crippen LogP contribution in [0.2, 0.25) is 10.0 Å². The van der Waals surface area contributed by atoms with Crippen molar-refractivity contribution in [2.45, 2.75) is 6.43 Å². The Balaban J connectivity index is 3.35. The van der Waals surface area contributed by atoms with Gasteiger partial charge in [-0.1, -0.05) is 23.2 Å². The molecule has 7 heteroatoms. The Morgan fingerprint density at radius 1 is 1.36 bits per heavy atom. The zero-order valence-electron chi connectivity index (χ0n) is 6.51. The van der Waals surface area contributed by atoms with Crippen molar-refractivity contribution in [2.24, 2.45) is 0 Å². The van der Waals surface area contributed by atoms with Gasteiger partial charge in [-0.15, -0.1) is 0 Å². The number of benzene rings is 1. The number of nitro groups is 1. The van der Waals surface area contributed by atoms with Crippen LogP contribution in [0.15, 0.2) is 12.1 Å². The fraction of sp³-hybridized carbons (Fsp3) is 0.143. The van der Waals surface area contributed by atoms with E-state index in [4.69, 9.17) is 23.2 Å². The van der Waals surface area contributed by atoms with E-state index in [0.29, 0.717) is 6.07 Å². The average Bonchev–Trinajstić information content (AvgIpc) is 2.08. The lowest BCUT2D eigenvalue weighted by molar-refractivity contribution is -0.385. The van der Waals surface area contributed by atoms with E-state index in [1.54, 1.807) is 0 Å². The maximum absolute atomic E-state index is 12.3. The van der Waals surface area contributed by atoms with Gasteiger partial charge in [-0.2, -0.15) is 0 Å². The van der Waals surface area contributed by atoms with Crippen LogP contribution in [-0.2, 0) is 0 Å². The molecule has 3 nitrogen and oxygen atoms in total. The topological polar surface area (TPSA) is 43.1 Å². The van der Waals surface area contributed by atoms with Crippen LogP contribution in [0.3, 0.4) is 0 Å². The number of nitrogens with zero attached hydrogens (tertiary/aromatic N) is 1. The van der Waals surface area contributed by atoms with Crippen molar-refractivity contribution in [1.29, 1.82) is 0 Å². The SMILES string of the molecule is O=[N+]([O-])c1cc(Cl)c(Cl)c(C(F)F)c1. The van der Waals surface area contributed by atoms with Crippen molar-refractivity contribution in [2.75, 3.05) is 0 Å². The molecule has 0 aliphatic carbocycles. The first-order valence-corrected chi connectivity index (χ1v) is 4.10. The summed E-state index contributed by atoms with van der Waals surface area (Å²) in [6.45, 7) is 0. The summed E-state index contributed by atoms with van der Waals surface area (Å²) in [6.07, 6.45) is -2.89. The maximum Gasteiger partial charge on any atom is 0.271 e. The van der Waals surface area contributed by atoms with E-state index in [-0.39, 0.29) is 10.0 Å². The van der Waals surface area contributed by atoms with E-state index >= 15 is 0 Å². The van der Waals surface area contributed by atoms with E-state index in [0.717, 1.165) is 6.07 Å². The number of hydrogen-bond donors (Lipinski definition) is 0. The summed E-state index contributed by atoms with van der Waals surface area (Å²) in [5, 5.41) is 9.69. The quantitative estimate of drug-likeness (QED) is 0.584. The molecule has 0 aromatic heterocycles. The molecule has 0 heterocycles. The highest BCUT2D eigenvalue weighted by molar-refractivity contribution is 6.42. The summed E-state index contributed by atoms with van der Waals surface area (Å²) >= 11 is 10.9. The number of non-ortho nitro benzene ring substituents is 1. The Morgan fingerprint density at radius 2 is 1.93 bits per heavy atom. The molecule has 0 saturated carbocycles. The molecule has 0 atom stereocenters. The van der Waals surface area contributed by atoms with Gasteiger partial charge in [0, 0.05) is 17.7 Å². The van der Waals surface area contributed by atoms with E-state index < -0.39 is 22.6 Å². The minimum absolute atomic E-state index is 0.254. The lowest BCUT2D eigenvalue weighted by Gasteiger charge is -2.04. The predicted molar refractivity (Wildman–Crippen MR) is 48.1 cm³/mol. The molecular formula is C7H3Cl2F2NO2. The van der Waals surface area contributed by atoms with Gasteiger partial charge in [0.2, 0.25) is 0 Å². The Hall–Kier alpha value is -0.940. The smallest absolute Gasteiger partial charge is 0.258 e. The summed E-state index contributed by atoms with van der Waals surface area (Å²) in [5.41, 5.74) is -1.14. The minimum atomic E-state index is -2.89. The van der Waals surface area contributed by atoms with Gasteiger partial charge >= 0.3 is 0 Å².